The molecule has 0 aromatic carbocycles. The molecular formula is C13H20N4O. The Hall–Kier alpha value is -1.83. The third-order valence-electron chi connectivity index (χ3n) is 3.24. The van der Waals surface area contributed by atoms with E-state index in [2.05, 4.69) is 16.5 Å². The lowest BCUT2D eigenvalue weighted by Crippen LogP contribution is -2.40. The number of hydrogen-bond donors (Lipinski definition) is 1. The Morgan fingerprint density at radius 3 is 2.67 bits per heavy atom. The molecule has 0 aliphatic carbocycles. The summed E-state index contributed by atoms with van der Waals surface area (Å²) in [6.07, 6.45) is 4.77. The van der Waals surface area contributed by atoms with Crippen molar-refractivity contribution in [3.8, 4) is 6.07 Å². The molecule has 0 saturated heterocycles. The number of nitrogens with one attached hydrogen (secondary N) is 1. The molecule has 0 radical (unpaired) electrons. The standard InChI is InChI=1S/C13H20N4O/c1-4-13(5-2,10-14)12(18)15-6-7-17-9-11(3)8-16-17/h8-9H,4-7H2,1-3H3,(H,15,18). The van der Waals surface area contributed by atoms with Crippen LogP contribution in [0.25, 0.3) is 0 Å². The largest absolute Gasteiger partial charge is 0.353 e. The maximum Gasteiger partial charge on any atom is 0.240 e. The molecule has 1 aromatic rings. The van der Waals surface area contributed by atoms with E-state index in [9.17, 15) is 4.79 Å². The van der Waals surface area contributed by atoms with Crippen LogP contribution >= 0.6 is 0 Å². The highest BCUT2D eigenvalue weighted by Crippen LogP contribution is 2.25. The van der Waals surface area contributed by atoms with Gasteiger partial charge in [-0.2, -0.15) is 10.4 Å². The van der Waals surface area contributed by atoms with E-state index in [1.165, 1.54) is 0 Å². The minimum atomic E-state index is -0.889. The molecule has 5 nitrogen and oxygen atoms in total. The van der Waals surface area contributed by atoms with E-state index in [1.54, 1.807) is 10.9 Å². The Morgan fingerprint density at radius 2 is 2.22 bits per heavy atom. The molecule has 0 aliphatic rings. The summed E-state index contributed by atoms with van der Waals surface area (Å²) in [5.74, 6) is -0.182. The summed E-state index contributed by atoms with van der Waals surface area (Å²) in [7, 11) is 0. The highest BCUT2D eigenvalue weighted by atomic mass is 16.2. The van der Waals surface area contributed by atoms with E-state index in [0.717, 1.165) is 5.56 Å². The van der Waals surface area contributed by atoms with Crippen LogP contribution in [0, 0.1) is 23.7 Å². The number of hydrogen-bond acceptors (Lipinski definition) is 3. The Labute approximate surface area is 108 Å². The third kappa shape index (κ3) is 3.10. The van der Waals surface area contributed by atoms with Crippen LogP contribution in [0.5, 0.6) is 0 Å². The van der Waals surface area contributed by atoms with E-state index in [0.29, 0.717) is 25.9 Å². The van der Waals surface area contributed by atoms with E-state index in [-0.39, 0.29) is 5.91 Å². The van der Waals surface area contributed by atoms with Crippen molar-refractivity contribution in [3.63, 3.8) is 0 Å². The normalized spacial score (nSPS) is 11.0. The van der Waals surface area contributed by atoms with E-state index in [1.807, 2.05) is 27.0 Å². The molecule has 1 N–H and O–H groups in total. The van der Waals surface area contributed by atoms with Crippen molar-refractivity contribution in [3.05, 3.63) is 18.0 Å². The maximum absolute atomic E-state index is 12.0. The van der Waals surface area contributed by atoms with Crippen molar-refractivity contribution in [2.75, 3.05) is 6.54 Å². The topological polar surface area (TPSA) is 70.7 Å². The first kappa shape index (κ1) is 14.2. The highest BCUT2D eigenvalue weighted by molar-refractivity contribution is 5.85. The van der Waals surface area contributed by atoms with Gasteiger partial charge >= 0.3 is 0 Å². The van der Waals surface area contributed by atoms with Crippen LogP contribution in [0.4, 0.5) is 0 Å². The van der Waals surface area contributed by atoms with Crippen LogP contribution in [0.15, 0.2) is 12.4 Å². The zero-order chi connectivity index (χ0) is 13.6. The van der Waals surface area contributed by atoms with Gasteiger partial charge in [0.1, 0.15) is 5.41 Å². The molecule has 18 heavy (non-hydrogen) atoms. The number of carbonyl (C=O) groups is 1. The van der Waals surface area contributed by atoms with Crippen molar-refractivity contribution in [2.45, 2.75) is 40.2 Å². The van der Waals surface area contributed by atoms with Gasteiger partial charge in [-0.15, -0.1) is 0 Å². The first-order chi connectivity index (χ1) is 8.57. The van der Waals surface area contributed by atoms with Crippen molar-refractivity contribution < 1.29 is 4.79 Å². The Morgan fingerprint density at radius 1 is 1.56 bits per heavy atom. The number of aryl methyl sites for hydroxylation is 1. The van der Waals surface area contributed by atoms with E-state index >= 15 is 0 Å². The monoisotopic (exact) mass is 248 g/mol. The molecule has 0 spiro atoms. The summed E-state index contributed by atoms with van der Waals surface area (Å²) >= 11 is 0. The minimum Gasteiger partial charge on any atom is -0.353 e. The average Bonchev–Trinajstić information content (AvgIpc) is 2.78. The summed E-state index contributed by atoms with van der Waals surface area (Å²) in [5, 5.41) is 16.1. The molecular weight excluding hydrogens is 228 g/mol. The van der Waals surface area contributed by atoms with Gasteiger partial charge in [-0.25, -0.2) is 0 Å². The predicted octanol–water partition coefficient (Wildman–Crippen LogP) is 1.64. The number of carbonyl (C=O) groups excluding carboxylic acids is 1. The molecule has 0 fully saturated rings. The van der Waals surface area contributed by atoms with Crippen molar-refractivity contribution in [2.24, 2.45) is 5.41 Å². The summed E-state index contributed by atoms with van der Waals surface area (Å²) in [6.45, 7) is 6.81. The molecule has 5 heteroatoms. The second-order valence-electron chi connectivity index (χ2n) is 4.44. The highest BCUT2D eigenvalue weighted by Gasteiger charge is 2.34. The summed E-state index contributed by atoms with van der Waals surface area (Å²) < 4.78 is 1.78. The predicted molar refractivity (Wildman–Crippen MR) is 68.6 cm³/mol. The number of amides is 1. The van der Waals surface area contributed by atoms with Gasteiger partial charge in [0.15, 0.2) is 0 Å². The molecule has 0 unspecified atom stereocenters. The van der Waals surface area contributed by atoms with Crippen LogP contribution < -0.4 is 5.32 Å². The van der Waals surface area contributed by atoms with Crippen LogP contribution in [0.1, 0.15) is 32.3 Å². The lowest BCUT2D eigenvalue weighted by atomic mass is 9.83. The fourth-order valence-corrected chi connectivity index (χ4v) is 1.82. The second kappa shape index (κ2) is 6.20. The molecule has 0 aliphatic heterocycles. The second-order valence-corrected chi connectivity index (χ2v) is 4.44. The van der Waals surface area contributed by atoms with Crippen LogP contribution in [-0.4, -0.2) is 22.2 Å². The number of rotatable bonds is 6. The van der Waals surface area contributed by atoms with E-state index < -0.39 is 5.41 Å². The maximum atomic E-state index is 12.0. The quantitative estimate of drug-likeness (QED) is 0.832. The Balaban J connectivity index is 2.48. The lowest BCUT2D eigenvalue weighted by Gasteiger charge is -2.22. The first-order valence-corrected chi connectivity index (χ1v) is 6.26. The molecule has 0 bridgehead atoms. The van der Waals surface area contributed by atoms with Crippen LogP contribution in [0.2, 0.25) is 0 Å². The van der Waals surface area contributed by atoms with Gasteiger partial charge in [0.2, 0.25) is 5.91 Å². The molecule has 98 valence electrons. The summed E-state index contributed by atoms with van der Waals surface area (Å²) in [6, 6.07) is 2.13. The number of aromatic nitrogens is 2. The van der Waals surface area contributed by atoms with Crippen molar-refractivity contribution >= 4 is 5.91 Å². The fourth-order valence-electron chi connectivity index (χ4n) is 1.82. The van der Waals surface area contributed by atoms with Gasteiger partial charge in [-0.05, 0) is 25.3 Å². The van der Waals surface area contributed by atoms with Gasteiger partial charge < -0.3 is 5.32 Å². The van der Waals surface area contributed by atoms with Crippen LogP contribution in [-0.2, 0) is 11.3 Å². The number of nitrogens with zero attached hydrogens (tertiary/aromatic N) is 3. The molecule has 0 saturated carbocycles. The molecule has 1 amide bonds. The lowest BCUT2D eigenvalue weighted by molar-refractivity contribution is -0.128. The Kier molecular flexibility index (Phi) is 4.90. The minimum absolute atomic E-state index is 0.182. The van der Waals surface area contributed by atoms with Crippen molar-refractivity contribution in [1.29, 1.82) is 5.26 Å². The Bertz CT molecular complexity index is 440. The molecule has 1 rings (SSSR count). The SMILES string of the molecule is CCC(C#N)(CC)C(=O)NCCn1cc(C)cn1. The first-order valence-electron chi connectivity index (χ1n) is 6.26. The average molecular weight is 248 g/mol. The van der Waals surface area contributed by atoms with Crippen LogP contribution in [0.3, 0.4) is 0 Å². The fraction of sp³-hybridized carbons (Fsp3) is 0.615. The van der Waals surface area contributed by atoms with Gasteiger partial charge in [0.05, 0.1) is 18.8 Å². The number of nitriles is 1. The zero-order valence-corrected chi connectivity index (χ0v) is 11.2. The van der Waals surface area contributed by atoms with E-state index in [4.69, 9.17) is 5.26 Å². The molecule has 0 atom stereocenters. The molecule has 1 heterocycles. The smallest absolute Gasteiger partial charge is 0.240 e. The van der Waals surface area contributed by atoms with Gasteiger partial charge in [0.25, 0.3) is 0 Å². The van der Waals surface area contributed by atoms with Gasteiger partial charge in [-0.3, -0.25) is 9.48 Å². The summed E-state index contributed by atoms with van der Waals surface area (Å²) in [4.78, 5) is 12.0. The zero-order valence-electron chi connectivity index (χ0n) is 11.2. The summed E-state index contributed by atoms with van der Waals surface area (Å²) in [5.41, 5.74) is 0.204. The molecule has 1 aromatic heterocycles. The van der Waals surface area contributed by atoms with Gasteiger partial charge in [0, 0.05) is 12.7 Å². The third-order valence-corrected chi connectivity index (χ3v) is 3.24. The van der Waals surface area contributed by atoms with Crippen molar-refractivity contribution in [1.82, 2.24) is 15.1 Å². The van der Waals surface area contributed by atoms with Gasteiger partial charge in [-0.1, -0.05) is 13.8 Å².